The summed E-state index contributed by atoms with van der Waals surface area (Å²) in [7, 11) is 0. The summed E-state index contributed by atoms with van der Waals surface area (Å²) in [5.74, 6) is -0.667. The second kappa shape index (κ2) is 6.90. The van der Waals surface area contributed by atoms with Gasteiger partial charge >= 0.3 is 5.97 Å². The number of nitrogens with one attached hydrogen (secondary N) is 1. The van der Waals surface area contributed by atoms with Crippen LogP contribution in [0.4, 0.5) is 5.82 Å². The van der Waals surface area contributed by atoms with Gasteiger partial charge in [0.2, 0.25) is 0 Å². The van der Waals surface area contributed by atoms with Crippen LogP contribution >= 0.6 is 0 Å². The zero-order chi connectivity index (χ0) is 13.5. The van der Waals surface area contributed by atoms with Crippen molar-refractivity contribution in [3.8, 4) is 0 Å². The first kappa shape index (κ1) is 14.4. The fraction of sp³-hybridized carbons (Fsp3) is 0.583. The Morgan fingerprint density at radius 3 is 2.72 bits per heavy atom. The number of anilines is 1. The molecular formula is C12H19N3O3. The minimum atomic E-state index is -0.988. The molecule has 0 bridgehead atoms. The number of aromatic carboxylic acids is 1. The van der Waals surface area contributed by atoms with Crippen molar-refractivity contribution < 1.29 is 14.6 Å². The van der Waals surface area contributed by atoms with Gasteiger partial charge in [-0.25, -0.2) is 4.79 Å². The number of carboxylic acids is 1. The molecule has 6 heteroatoms. The van der Waals surface area contributed by atoms with Gasteiger partial charge < -0.3 is 15.2 Å². The van der Waals surface area contributed by atoms with Gasteiger partial charge in [-0.05, 0) is 32.8 Å². The van der Waals surface area contributed by atoms with Crippen molar-refractivity contribution in [2.45, 2.75) is 27.2 Å². The van der Waals surface area contributed by atoms with Gasteiger partial charge in [0.1, 0.15) is 5.56 Å². The molecule has 0 aliphatic heterocycles. The van der Waals surface area contributed by atoms with Crippen molar-refractivity contribution in [2.75, 3.05) is 25.1 Å². The lowest BCUT2D eigenvalue weighted by Gasteiger charge is -2.11. The molecule has 6 nitrogen and oxygen atoms in total. The van der Waals surface area contributed by atoms with Gasteiger partial charge in [-0.15, -0.1) is 5.10 Å². The zero-order valence-corrected chi connectivity index (χ0v) is 11.0. The van der Waals surface area contributed by atoms with Crippen LogP contribution in [0.5, 0.6) is 0 Å². The molecule has 0 spiro atoms. The van der Waals surface area contributed by atoms with Crippen molar-refractivity contribution in [1.82, 2.24) is 10.2 Å². The highest BCUT2D eigenvalue weighted by molar-refractivity contribution is 5.94. The van der Waals surface area contributed by atoms with Crippen LogP contribution in [-0.2, 0) is 4.74 Å². The Morgan fingerprint density at radius 1 is 1.39 bits per heavy atom. The topological polar surface area (TPSA) is 84.3 Å². The van der Waals surface area contributed by atoms with E-state index in [-0.39, 0.29) is 5.56 Å². The predicted octanol–water partition coefficient (Wildman–Crippen LogP) is 1.63. The quantitative estimate of drug-likeness (QED) is 0.718. The summed E-state index contributed by atoms with van der Waals surface area (Å²) in [6.07, 6.45) is 0.793. The number of hydrogen-bond donors (Lipinski definition) is 2. The van der Waals surface area contributed by atoms with E-state index in [0.29, 0.717) is 36.8 Å². The smallest absolute Gasteiger partial charge is 0.339 e. The van der Waals surface area contributed by atoms with Crippen LogP contribution in [0.1, 0.15) is 35.0 Å². The summed E-state index contributed by atoms with van der Waals surface area (Å²) < 4.78 is 5.20. The Labute approximate surface area is 106 Å². The molecule has 100 valence electrons. The number of aryl methyl sites for hydroxylation is 1. The van der Waals surface area contributed by atoms with Crippen LogP contribution in [0.2, 0.25) is 0 Å². The normalized spacial score (nSPS) is 10.4. The van der Waals surface area contributed by atoms with E-state index >= 15 is 0 Å². The minimum absolute atomic E-state index is 0.193. The molecule has 0 amide bonds. The Hall–Kier alpha value is -1.69. The van der Waals surface area contributed by atoms with E-state index in [1.54, 1.807) is 13.8 Å². The lowest BCUT2D eigenvalue weighted by molar-refractivity contribution is 0.0696. The fourth-order valence-electron chi connectivity index (χ4n) is 1.52. The van der Waals surface area contributed by atoms with Crippen molar-refractivity contribution in [1.29, 1.82) is 0 Å². The van der Waals surface area contributed by atoms with E-state index in [9.17, 15) is 9.90 Å². The van der Waals surface area contributed by atoms with Crippen molar-refractivity contribution in [3.63, 3.8) is 0 Å². The number of nitrogens with zero attached hydrogens (tertiary/aromatic N) is 2. The van der Waals surface area contributed by atoms with Gasteiger partial charge in [0.25, 0.3) is 0 Å². The van der Waals surface area contributed by atoms with Gasteiger partial charge in [0.05, 0.1) is 5.69 Å². The molecule has 0 aliphatic rings. The molecule has 1 heterocycles. The molecule has 18 heavy (non-hydrogen) atoms. The second-order valence-electron chi connectivity index (χ2n) is 3.92. The molecule has 1 aromatic rings. The standard InChI is InChI=1S/C12H19N3O3/c1-4-18-7-5-6-13-11-10(12(16)17)8(2)9(3)14-15-11/h4-7H2,1-3H3,(H,13,15)(H,16,17). The van der Waals surface area contributed by atoms with Gasteiger partial charge in [0.15, 0.2) is 5.82 Å². The third kappa shape index (κ3) is 3.66. The lowest BCUT2D eigenvalue weighted by atomic mass is 10.1. The highest BCUT2D eigenvalue weighted by atomic mass is 16.5. The predicted molar refractivity (Wildman–Crippen MR) is 68.1 cm³/mol. The van der Waals surface area contributed by atoms with E-state index in [4.69, 9.17) is 4.74 Å². The number of carbonyl (C=O) groups is 1. The SMILES string of the molecule is CCOCCCNc1nnc(C)c(C)c1C(=O)O. The molecule has 0 atom stereocenters. The molecule has 0 saturated heterocycles. The Bertz CT molecular complexity index is 421. The monoisotopic (exact) mass is 253 g/mol. The maximum absolute atomic E-state index is 11.2. The number of aromatic nitrogens is 2. The summed E-state index contributed by atoms with van der Waals surface area (Å²) in [6, 6.07) is 0. The molecule has 0 unspecified atom stereocenters. The molecule has 1 aromatic heterocycles. The van der Waals surface area contributed by atoms with Crippen LogP contribution in [0.3, 0.4) is 0 Å². The molecule has 0 fully saturated rings. The van der Waals surface area contributed by atoms with Gasteiger partial charge in [-0.2, -0.15) is 5.10 Å². The summed E-state index contributed by atoms with van der Waals surface area (Å²) in [4.78, 5) is 11.2. The largest absolute Gasteiger partial charge is 0.478 e. The Kier molecular flexibility index (Phi) is 5.51. The fourth-order valence-corrected chi connectivity index (χ4v) is 1.52. The summed E-state index contributed by atoms with van der Waals surface area (Å²) >= 11 is 0. The van der Waals surface area contributed by atoms with Crippen molar-refractivity contribution >= 4 is 11.8 Å². The van der Waals surface area contributed by atoms with Crippen LogP contribution in [0.25, 0.3) is 0 Å². The molecule has 0 aromatic carbocycles. The second-order valence-corrected chi connectivity index (χ2v) is 3.92. The van der Waals surface area contributed by atoms with Gasteiger partial charge in [-0.3, -0.25) is 0 Å². The third-order valence-corrected chi connectivity index (χ3v) is 2.63. The maximum Gasteiger partial charge on any atom is 0.339 e. The first-order valence-electron chi connectivity index (χ1n) is 5.96. The van der Waals surface area contributed by atoms with Gasteiger partial charge in [-0.1, -0.05) is 0 Å². The summed E-state index contributed by atoms with van der Waals surface area (Å²) in [6.45, 7) is 7.35. The Morgan fingerprint density at radius 2 is 2.11 bits per heavy atom. The van der Waals surface area contributed by atoms with Crippen molar-refractivity contribution in [2.24, 2.45) is 0 Å². The van der Waals surface area contributed by atoms with Gasteiger partial charge in [0, 0.05) is 19.8 Å². The maximum atomic E-state index is 11.2. The third-order valence-electron chi connectivity index (χ3n) is 2.63. The van der Waals surface area contributed by atoms with Crippen LogP contribution in [0, 0.1) is 13.8 Å². The summed E-state index contributed by atoms with van der Waals surface area (Å²) in [5, 5.41) is 20.0. The number of rotatable bonds is 7. The zero-order valence-electron chi connectivity index (χ0n) is 11.0. The minimum Gasteiger partial charge on any atom is -0.478 e. The lowest BCUT2D eigenvalue weighted by Crippen LogP contribution is -2.14. The van der Waals surface area contributed by atoms with E-state index in [1.807, 2.05) is 6.92 Å². The van der Waals surface area contributed by atoms with Crippen LogP contribution < -0.4 is 5.32 Å². The van der Waals surface area contributed by atoms with E-state index in [0.717, 1.165) is 6.42 Å². The number of hydrogen-bond acceptors (Lipinski definition) is 5. The summed E-state index contributed by atoms with van der Waals surface area (Å²) in [5.41, 5.74) is 1.47. The van der Waals surface area contributed by atoms with Crippen molar-refractivity contribution in [3.05, 3.63) is 16.8 Å². The van der Waals surface area contributed by atoms with Crippen LogP contribution in [0.15, 0.2) is 0 Å². The first-order chi connectivity index (χ1) is 8.57. The van der Waals surface area contributed by atoms with Crippen LogP contribution in [-0.4, -0.2) is 41.0 Å². The molecule has 0 radical (unpaired) electrons. The molecular weight excluding hydrogens is 234 g/mol. The number of ether oxygens (including phenoxy) is 1. The highest BCUT2D eigenvalue weighted by Gasteiger charge is 2.17. The highest BCUT2D eigenvalue weighted by Crippen LogP contribution is 2.18. The average molecular weight is 253 g/mol. The first-order valence-corrected chi connectivity index (χ1v) is 5.96. The number of carboxylic acid groups (broad SMARTS) is 1. The molecule has 0 aliphatic carbocycles. The average Bonchev–Trinajstić information content (AvgIpc) is 2.33. The Balaban J connectivity index is 2.70. The molecule has 0 saturated carbocycles. The van der Waals surface area contributed by atoms with E-state index < -0.39 is 5.97 Å². The van der Waals surface area contributed by atoms with E-state index in [1.165, 1.54) is 0 Å². The molecule has 1 rings (SSSR count). The van der Waals surface area contributed by atoms with E-state index in [2.05, 4.69) is 15.5 Å². The molecule has 2 N–H and O–H groups in total.